The minimum absolute atomic E-state index is 0.173. The van der Waals surface area contributed by atoms with Gasteiger partial charge in [-0.05, 0) is 24.1 Å². The number of benzene rings is 1. The van der Waals surface area contributed by atoms with Crippen molar-refractivity contribution in [3.05, 3.63) is 66.1 Å². The topological polar surface area (TPSA) is 62.5 Å². The lowest BCUT2D eigenvalue weighted by atomic mass is 10.1. The van der Waals surface area contributed by atoms with Crippen molar-refractivity contribution in [1.29, 1.82) is 0 Å². The van der Waals surface area contributed by atoms with E-state index in [1.807, 2.05) is 30.3 Å². The molecule has 1 aromatic carbocycles. The molecule has 104 valence electrons. The first-order valence-corrected chi connectivity index (χ1v) is 6.47. The Bertz CT molecular complexity index is 546. The summed E-state index contributed by atoms with van der Waals surface area (Å²) >= 11 is 0. The molecule has 2 N–H and O–H groups in total. The summed E-state index contributed by atoms with van der Waals surface area (Å²) in [4.78, 5) is 11.6. The van der Waals surface area contributed by atoms with Gasteiger partial charge in [-0.2, -0.15) is 0 Å². The second-order valence-electron chi connectivity index (χ2n) is 4.40. The van der Waals surface area contributed by atoms with E-state index in [2.05, 4.69) is 5.32 Å². The van der Waals surface area contributed by atoms with Crippen LogP contribution in [0.15, 0.2) is 59.4 Å². The second kappa shape index (κ2) is 7.31. The van der Waals surface area contributed by atoms with Crippen molar-refractivity contribution in [2.45, 2.75) is 12.5 Å². The molecule has 0 saturated heterocycles. The molecule has 0 saturated carbocycles. The minimum atomic E-state index is -0.618. The highest BCUT2D eigenvalue weighted by Gasteiger charge is 2.08. The molecule has 1 aromatic heterocycles. The third-order valence-corrected chi connectivity index (χ3v) is 2.87. The highest BCUT2D eigenvalue weighted by molar-refractivity contribution is 5.91. The highest BCUT2D eigenvalue weighted by Crippen LogP contribution is 2.15. The fraction of sp³-hybridized carbons (Fsp3) is 0.188. The molecule has 0 spiro atoms. The van der Waals surface area contributed by atoms with Crippen LogP contribution in [-0.4, -0.2) is 17.6 Å². The maximum absolute atomic E-state index is 11.6. The summed E-state index contributed by atoms with van der Waals surface area (Å²) in [6.07, 6.45) is 6.08. The van der Waals surface area contributed by atoms with Crippen LogP contribution in [0.4, 0.5) is 0 Å². The zero-order valence-electron chi connectivity index (χ0n) is 11.0. The second-order valence-corrected chi connectivity index (χ2v) is 4.40. The predicted octanol–water partition coefficient (Wildman–Crippen LogP) is 2.53. The summed E-state index contributed by atoms with van der Waals surface area (Å²) < 4.78 is 4.89. The molecule has 0 fully saturated rings. The van der Waals surface area contributed by atoms with Crippen LogP contribution in [-0.2, 0) is 4.79 Å². The van der Waals surface area contributed by atoms with Gasteiger partial charge in [-0.25, -0.2) is 0 Å². The molecular weight excluding hydrogens is 254 g/mol. The average Bonchev–Trinajstić information content (AvgIpc) is 3.00. The number of hydrogen-bond acceptors (Lipinski definition) is 3. The summed E-state index contributed by atoms with van der Waals surface area (Å²) in [6.45, 7) is 0.407. The Labute approximate surface area is 117 Å². The smallest absolute Gasteiger partial charge is 0.244 e. The third kappa shape index (κ3) is 4.40. The molecule has 1 unspecified atom stereocenters. The Hall–Kier alpha value is -2.33. The predicted molar refractivity (Wildman–Crippen MR) is 76.8 cm³/mol. The summed E-state index contributed by atoms with van der Waals surface area (Å²) in [5.74, 6) is -0.173. The summed E-state index contributed by atoms with van der Waals surface area (Å²) in [5, 5.41) is 12.5. The fourth-order valence-corrected chi connectivity index (χ4v) is 1.76. The first kappa shape index (κ1) is 14.1. The Morgan fingerprint density at radius 3 is 2.80 bits per heavy atom. The van der Waals surface area contributed by atoms with E-state index in [9.17, 15) is 9.90 Å². The molecule has 0 bridgehead atoms. The molecule has 2 aromatic rings. The molecule has 0 aliphatic carbocycles. The zero-order chi connectivity index (χ0) is 14.2. The number of carbonyl (C=O) groups excluding carboxylic acids is 1. The van der Waals surface area contributed by atoms with Gasteiger partial charge in [-0.1, -0.05) is 30.3 Å². The van der Waals surface area contributed by atoms with Crippen molar-refractivity contribution in [2.75, 3.05) is 6.54 Å². The molecule has 1 amide bonds. The molecule has 4 heteroatoms. The first-order valence-electron chi connectivity index (χ1n) is 6.47. The molecule has 4 nitrogen and oxygen atoms in total. The molecule has 20 heavy (non-hydrogen) atoms. The van der Waals surface area contributed by atoms with Crippen LogP contribution >= 0.6 is 0 Å². The van der Waals surface area contributed by atoms with Gasteiger partial charge in [-0.15, -0.1) is 0 Å². The SMILES string of the molecule is O=C(C=Cc1ccccc1)NCCC(O)c1ccoc1. The minimum Gasteiger partial charge on any atom is -0.472 e. The molecule has 0 aliphatic rings. The normalized spacial score (nSPS) is 12.4. The zero-order valence-corrected chi connectivity index (χ0v) is 11.0. The highest BCUT2D eigenvalue weighted by atomic mass is 16.3. The van der Waals surface area contributed by atoms with Crippen LogP contribution < -0.4 is 5.32 Å². The number of aliphatic hydroxyl groups is 1. The number of hydrogen-bond donors (Lipinski definition) is 2. The van der Waals surface area contributed by atoms with Gasteiger partial charge in [0.25, 0.3) is 0 Å². The van der Waals surface area contributed by atoms with Gasteiger partial charge < -0.3 is 14.8 Å². The van der Waals surface area contributed by atoms with E-state index in [1.165, 1.54) is 18.6 Å². The van der Waals surface area contributed by atoms with Crippen molar-refractivity contribution in [3.8, 4) is 0 Å². The lowest BCUT2D eigenvalue weighted by Gasteiger charge is -2.08. The van der Waals surface area contributed by atoms with Gasteiger partial charge in [-0.3, -0.25) is 4.79 Å². The molecule has 1 heterocycles. The molecule has 0 radical (unpaired) electrons. The van der Waals surface area contributed by atoms with Crippen molar-refractivity contribution < 1.29 is 14.3 Å². The van der Waals surface area contributed by atoms with Crippen molar-refractivity contribution >= 4 is 12.0 Å². The van der Waals surface area contributed by atoms with Crippen molar-refractivity contribution in [3.63, 3.8) is 0 Å². The van der Waals surface area contributed by atoms with Gasteiger partial charge in [0.05, 0.1) is 18.6 Å². The monoisotopic (exact) mass is 271 g/mol. The van der Waals surface area contributed by atoms with E-state index in [4.69, 9.17) is 4.42 Å². The van der Waals surface area contributed by atoms with E-state index in [1.54, 1.807) is 12.1 Å². The molecule has 1 atom stereocenters. The van der Waals surface area contributed by atoms with Gasteiger partial charge in [0.1, 0.15) is 0 Å². The molecular formula is C16H17NO3. The fourth-order valence-electron chi connectivity index (χ4n) is 1.76. The Morgan fingerprint density at radius 2 is 2.10 bits per heavy atom. The summed E-state index contributed by atoms with van der Waals surface area (Å²) in [5.41, 5.74) is 1.69. The third-order valence-electron chi connectivity index (χ3n) is 2.87. The standard InChI is InChI=1S/C16H17NO3/c18-15(14-9-11-20-12-14)8-10-17-16(19)7-6-13-4-2-1-3-5-13/h1-7,9,11-12,15,18H,8,10H2,(H,17,19). The lowest BCUT2D eigenvalue weighted by Crippen LogP contribution is -2.23. The number of aliphatic hydroxyl groups excluding tert-OH is 1. The van der Waals surface area contributed by atoms with Crippen molar-refractivity contribution in [2.24, 2.45) is 0 Å². The lowest BCUT2D eigenvalue weighted by molar-refractivity contribution is -0.116. The van der Waals surface area contributed by atoms with E-state index >= 15 is 0 Å². The molecule has 0 aliphatic heterocycles. The quantitative estimate of drug-likeness (QED) is 0.794. The van der Waals surface area contributed by atoms with Crippen LogP contribution in [0.5, 0.6) is 0 Å². The van der Waals surface area contributed by atoms with E-state index < -0.39 is 6.10 Å². The van der Waals surface area contributed by atoms with E-state index in [-0.39, 0.29) is 5.91 Å². The maximum Gasteiger partial charge on any atom is 0.244 e. The Balaban J connectivity index is 1.72. The summed E-state index contributed by atoms with van der Waals surface area (Å²) in [7, 11) is 0. The van der Waals surface area contributed by atoms with Crippen LogP contribution in [0, 0.1) is 0 Å². The van der Waals surface area contributed by atoms with E-state index in [0.29, 0.717) is 13.0 Å². The largest absolute Gasteiger partial charge is 0.472 e. The number of furan rings is 1. The van der Waals surface area contributed by atoms with E-state index in [0.717, 1.165) is 11.1 Å². The Kier molecular flexibility index (Phi) is 5.15. The number of amides is 1. The number of carbonyl (C=O) groups is 1. The number of nitrogens with one attached hydrogen (secondary N) is 1. The average molecular weight is 271 g/mol. The number of rotatable bonds is 6. The Morgan fingerprint density at radius 1 is 1.30 bits per heavy atom. The van der Waals surface area contributed by atoms with Crippen molar-refractivity contribution in [1.82, 2.24) is 5.32 Å². The maximum atomic E-state index is 11.6. The van der Waals surface area contributed by atoms with Gasteiger partial charge in [0, 0.05) is 18.2 Å². The van der Waals surface area contributed by atoms with Gasteiger partial charge >= 0.3 is 0 Å². The van der Waals surface area contributed by atoms with Gasteiger partial charge in [0.2, 0.25) is 5.91 Å². The summed E-state index contributed by atoms with van der Waals surface area (Å²) in [6, 6.07) is 11.3. The van der Waals surface area contributed by atoms with Crippen LogP contribution in [0.25, 0.3) is 6.08 Å². The van der Waals surface area contributed by atoms with Crippen LogP contribution in [0.2, 0.25) is 0 Å². The molecule has 2 rings (SSSR count). The van der Waals surface area contributed by atoms with Crippen LogP contribution in [0.1, 0.15) is 23.7 Å². The first-order chi connectivity index (χ1) is 9.75. The van der Waals surface area contributed by atoms with Crippen LogP contribution in [0.3, 0.4) is 0 Å². The van der Waals surface area contributed by atoms with Gasteiger partial charge in [0.15, 0.2) is 0 Å².